The third-order valence-electron chi connectivity index (χ3n) is 3.28. The quantitative estimate of drug-likeness (QED) is 0.546. The molecule has 0 radical (unpaired) electrons. The Bertz CT molecular complexity index is 447. The van der Waals surface area contributed by atoms with Gasteiger partial charge in [-0.25, -0.2) is 5.06 Å². The summed E-state index contributed by atoms with van der Waals surface area (Å²) in [6.45, 7) is 2.10. The monoisotopic (exact) mass is 293 g/mol. The van der Waals surface area contributed by atoms with Gasteiger partial charge in [0.15, 0.2) is 0 Å². The van der Waals surface area contributed by atoms with Gasteiger partial charge in [-0.3, -0.25) is 14.4 Å². The number of carbonyl (C=O) groups excluding carboxylic acids is 2. The minimum absolute atomic E-state index is 0.0950. The second-order valence-electron chi connectivity index (χ2n) is 4.96. The molecule has 1 amide bonds. The van der Waals surface area contributed by atoms with E-state index in [9.17, 15) is 9.59 Å². The van der Waals surface area contributed by atoms with E-state index in [1.54, 1.807) is 7.05 Å². The third kappa shape index (κ3) is 6.40. The topological polar surface area (TPSA) is 55.8 Å². The third-order valence-corrected chi connectivity index (χ3v) is 3.28. The Hall–Kier alpha value is -1.88. The fourth-order valence-corrected chi connectivity index (χ4v) is 1.81. The van der Waals surface area contributed by atoms with Crippen LogP contribution in [0.5, 0.6) is 0 Å². The summed E-state index contributed by atoms with van der Waals surface area (Å²) in [5, 5.41) is 1.19. The highest BCUT2D eigenvalue weighted by Gasteiger charge is 2.16. The van der Waals surface area contributed by atoms with Crippen molar-refractivity contribution < 1.29 is 19.2 Å². The lowest BCUT2D eigenvalue weighted by Crippen LogP contribution is -2.25. The van der Waals surface area contributed by atoms with Crippen LogP contribution in [0, 0.1) is 5.92 Å². The number of hydrogen-bond acceptors (Lipinski definition) is 4. The molecule has 0 N–H and O–H groups in total. The number of ether oxygens (including phenoxy) is 1. The van der Waals surface area contributed by atoms with E-state index < -0.39 is 0 Å². The average molecular weight is 293 g/mol. The Labute approximate surface area is 125 Å². The van der Waals surface area contributed by atoms with Crippen LogP contribution in [0.15, 0.2) is 30.3 Å². The van der Waals surface area contributed by atoms with Crippen molar-refractivity contribution in [3.63, 3.8) is 0 Å². The minimum atomic E-state index is -0.230. The normalized spacial score (nSPS) is 11.8. The van der Waals surface area contributed by atoms with E-state index >= 15 is 0 Å². The van der Waals surface area contributed by atoms with Gasteiger partial charge >= 0.3 is 5.97 Å². The molecule has 1 rings (SSSR count). The number of carbonyl (C=O) groups is 2. The zero-order chi connectivity index (χ0) is 15.7. The van der Waals surface area contributed by atoms with Crippen molar-refractivity contribution in [2.45, 2.75) is 32.8 Å². The van der Waals surface area contributed by atoms with Gasteiger partial charge in [-0.2, -0.15) is 0 Å². The Morgan fingerprint density at radius 3 is 2.52 bits per heavy atom. The molecule has 0 heterocycles. The molecule has 5 nitrogen and oxygen atoms in total. The van der Waals surface area contributed by atoms with Crippen LogP contribution in [0.25, 0.3) is 0 Å². The highest BCUT2D eigenvalue weighted by Crippen LogP contribution is 2.12. The first-order valence-corrected chi connectivity index (χ1v) is 7.05. The molecule has 0 aliphatic rings. The molecule has 0 fully saturated rings. The van der Waals surface area contributed by atoms with Gasteiger partial charge in [-0.1, -0.05) is 37.3 Å². The largest absolute Gasteiger partial charge is 0.461 e. The average Bonchev–Trinajstić information content (AvgIpc) is 2.52. The molecular weight excluding hydrogens is 270 g/mol. The van der Waals surface area contributed by atoms with Crippen LogP contribution in [0.4, 0.5) is 0 Å². The van der Waals surface area contributed by atoms with Crippen LogP contribution in [0.2, 0.25) is 0 Å². The number of benzene rings is 1. The Morgan fingerprint density at radius 2 is 1.90 bits per heavy atom. The first-order chi connectivity index (χ1) is 10.0. The van der Waals surface area contributed by atoms with E-state index in [0.29, 0.717) is 19.3 Å². The van der Waals surface area contributed by atoms with Crippen molar-refractivity contribution in [3.8, 4) is 0 Å². The summed E-state index contributed by atoms with van der Waals surface area (Å²) >= 11 is 0. The lowest BCUT2D eigenvalue weighted by atomic mass is 10.0. The fourth-order valence-electron chi connectivity index (χ4n) is 1.81. The van der Waals surface area contributed by atoms with Crippen molar-refractivity contribution in [2.24, 2.45) is 5.92 Å². The molecule has 0 saturated carbocycles. The van der Waals surface area contributed by atoms with Crippen molar-refractivity contribution >= 4 is 11.9 Å². The van der Waals surface area contributed by atoms with Gasteiger partial charge in [-0.05, 0) is 18.4 Å². The van der Waals surface area contributed by atoms with Crippen LogP contribution in [0.3, 0.4) is 0 Å². The minimum Gasteiger partial charge on any atom is -0.461 e. The molecule has 0 saturated heterocycles. The molecule has 116 valence electrons. The van der Waals surface area contributed by atoms with E-state index in [0.717, 1.165) is 5.56 Å². The summed E-state index contributed by atoms with van der Waals surface area (Å²) in [6.07, 6.45) is 1.62. The van der Waals surface area contributed by atoms with E-state index in [2.05, 4.69) is 0 Å². The zero-order valence-corrected chi connectivity index (χ0v) is 12.9. The molecule has 1 aromatic carbocycles. The lowest BCUT2D eigenvalue weighted by molar-refractivity contribution is -0.169. The molecular formula is C16H23NO4. The number of esters is 1. The number of amides is 1. The zero-order valence-electron chi connectivity index (χ0n) is 12.9. The predicted octanol–water partition coefficient (Wildman–Crippen LogP) is 2.56. The van der Waals surface area contributed by atoms with Crippen molar-refractivity contribution in [3.05, 3.63) is 35.9 Å². The Kier molecular flexibility index (Phi) is 7.46. The molecule has 0 unspecified atom stereocenters. The summed E-state index contributed by atoms with van der Waals surface area (Å²) in [5.74, 6) is -0.539. The lowest BCUT2D eigenvalue weighted by Gasteiger charge is -2.14. The van der Waals surface area contributed by atoms with Crippen molar-refractivity contribution in [1.82, 2.24) is 5.06 Å². The summed E-state index contributed by atoms with van der Waals surface area (Å²) in [4.78, 5) is 28.2. The second kappa shape index (κ2) is 9.13. The van der Waals surface area contributed by atoms with Gasteiger partial charge in [0.2, 0.25) is 5.91 Å². The number of nitrogens with zero attached hydrogens (tertiary/aromatic N) is 1. The first kappa shape index (κ1) is 17.2. The summed E-state index contributed by atoms with van der Waals surface area (Å²) < 4.78 is 5.26. The SMILES string of the molecule is CON(C)C(=O)CCC[C@@H](C)C(=O)OCc1ccccc1. The molecule has 0 aromatic heterocycles. The smallest absolute Gasteiger partial charge is 0.308 e. The van der Waals surface area contributed by atoms with Gasteiger partial charge < -0.3 is 4.74 Å². The van der Waals surface area contributed by atoms with Crippen LogP contribution in [0.1, 0.15) is 31.7 Å². The van der Waals surface area contributed by atoms with Crippen molar-refractivity contribution in [1.29, 1.82) is 0 Å². The van der Waals surface area contributed by atoms with Crippen LogP contribution in [-0.4, -0.2) is 31.1 Å². The molecule has 5 heteroatoms. The van der Waals surface area contributed by atoms with Gasteiger partial charge in [-0.15, -0.1) is 0 Å². The van der Waals surface area contributed by atoms with E-state index in [-0.39, 0.29) is 24.4 Å². The van der Waals surface area contributed by atoms with Gasteiger partial charge in [0.25, 0.3) is 0 Å². The standard InChI is InChI=1S/C16H23NO4/c1-13(8-7-11-15(18)17(2)20-3)16(19)21-12-14-9-5-4-6-10-14/h4-6,9-10,13H,7-8,11-12H2,1-3H3/t13-/m1/s1. The van der Waals surface area contributed by atoms with Crippen LogP contribution in [-0.2, 0) is 25.8 Å². The van der Waals surface area contributed by atoms with Crippen LogP contribution < -0.4 is 0 Å². The van der Waals surface area contributed by atoms with Crippen molar-refractivity contribution in [2.75, 3.05) is 14.2 Å². The Morgan fingerprint density at radius 1 is 1.24 bits per heavy atom. The van der Waals surface area contributed by atoms with E-state index in [4.69, 9.17) is 9.57 Å². The molecule has 0 aliphatic heterocycles. The number of hydroxylamine groups is 2. The Balaban J connectivity index is 2.24. The molecule has 0 bridgehead atoms. The van der Waals surface area contributed by atoms with E-state index in [1.165, 1.54) is 12.2 Å². The highest BCUT2D eigenvalue weighted by atomic mass is 16.7. The summed E-state index contributed by atoms with van der Waals surface area (Å²) in [5.41, 5.74) is 0.968. The highest BCUT2D eigenvalue weighted by molar-refractivity contribution is 5.75. The van der Waals surface area contributed by atoms with Crippen LogP contribution >= 0.6 is 0 Å². The van der Waals surface area contributed by atoms with Gasteiger partial charge in [0.05, 0.1) is 13.0 Å². The second-order valence-corrected chi connectivity index (χ2v) is 4.96. The molecule has 0 aliphatic carbocycles. The molecule has 0 spiro atoms. The predicted molar refractivity (Wildman–Crippen MR) is 79.0 cm³/mol. The maximum absolute atomic E-state index is 11.8. The maximum atomic E-state index is 11.8. The maximum Gasteiger partial charge on any atom is 0.308 e. The fraction of sp³-hybridized carbons (Fsp3) is 0.500. The molecule has 1 atom stereocenters. The molecule has 21 heavy (non-hydrogen) atoms. The number of hydrogen-bond donors (Lipinski definition) is 0. The van der Waals surface area contributed by atoms with Gasteiger partial charge in [0, 0.05) is 13.5 Å². The summed E-state index contributed by atoms with van der Waals surface area (Å²) in [7, 11) is 3.02. The first-order valence-electron chi connectivity index (χ1n) is 7.05. The van der Waals surface area contributed by atoms with E-state index in [1.807, 2.05) is 37.3 Å². The molecule has 1 aromatic rings. The van der Waals surface area contributed by atoms with Gasteiger partial charge in [0.1, 0.15) is 6.61 Å². The summed E-state index contributed by atoms with van der Waals surface area (Å²) in [6, 6.07) is 9.56. The number of rotatable bonds is 8.